The molecular formula is C16H18FN3O2. The predicted molar refractivity (Wildman–Crippen MR) is 79.3 cm³/mol. The summed E-state index contributed by atoms with van der Waals surface area (Å²) in [4.78, 5) is 0. The second-order valence-corrected chi connectivity index (χ2v) is 4.73. The molecule has 2 rings (SSSR count). The highest BCUT2D eigenvalue weighted by atomic mass is 19.1. The van der Waals surface area contributed by atoms with Crippen LogP contribution >= 0.6 is 0 Å². The molecule has 0 unspecified atom stereocenters. The molecule has 0 aliphatic heterocycles. The van der Waals surface area contributed by atoms with Gasteiger partial charge in [-0.05, 0) is 25.0 Å². The number of aliphatic hydroxyl groups is 1. The van der Waals surface area contributed by atoms with Crippen molar-refractivity contribution < 1.29 is 14.2 Å². The van der Waals surface area contributed by atoms with Gasteiger partial charge in [0.2, 0.25) is 0 Å². The van der Waals surface area contributed by atoms with Crippen LogP contribution in [0, 0.1) is 17.1 Å². The van der Waals surface area contributed by atoms with Crippen LogP contribution in [-0.2, 0) is 19.4 Å². The van der Waals surface area contributed by atoms with E-state index < -0.39 is 5.82 Å². The zero-order valence-electron chi connectivity index (χ0n) is 12.6. The first-order chi connectivity index (χ1) is 10.6. The number of rotatable bonds is 6. The number of ether oxygens (including phenoxy) is 1. The zero-order valence-corrected chi connectivity index (χ0v) is 12.6. The van der Waals surface area contributed by atoms with Crippen LogP contribution in [0.3, 0.4) is 0 Å². The molecular weight excluding hydrogens is 285 g/mol. The van der Waals surface area contributed by atoms with Crippen LogP contribution in [-0.4, -0.2) is 21.5 Å². The van der Waals surface area contributed by atoms with Crippen molar-refractivity contribution in [1.82, 2.24) is 9.78 Å². The maximum atomic E-state index is 13.7. The van der Waals surface area contributed by atoms with E-state index >= 15 is 0 Å². The quantitative estimate of drug-likeness (QED) is 0.890. The number of nitriles is 1. The SMILES string of the molecule is CCc1nn(CCO)c(CC)c1Oc1ccc(C#N)c(F)c1. The largest absolute Gasteiger partial charge is 0.453 e. The molecule has 0 saturated carbocycles. The van der Waals surface area contributed by atoms with Crippen molar-refractivity contribution in [1.29, 1.82) is 5.26 Å². The van der Waals surface area contributed by atoms with Crippen LogP contribution in [0.2, 0.25) is 0 Å². The van der Waals surface area contributed by atoms with Gasteiger partial charge in [-0.15, -0.1) is 0 Å². The highest BCUT2D eigenvalue weighted by Crippen LogP contribution is 2.31. The summed E-state index contributed by atoms with van der Waals surface area (Å²) in [6.07, 6.45) is 1.35. The van der Waals surface area contributed by atoms with Crippen LogP contribution in [0.25, 0.3) is 0 Å². The Morgan fingerprint density at radius 2 is 2.14 bits per heavy atom. The lowest BCUT2D eigenvalue weighted by molar-refractivity contribution is 0.267. The van der Waals surface area contributed by atoms with Crippen molar-refractivity contribution in [3.63, 3.8) is 0 Å². The third kappa shape index (κ3) is 3.10. The molecule has 0 saturated heterocycles. The third-order valence-corrected chi connectivity index (χ3v) is 3.34. The Hall–Kier alpha value is -2.39. The number of aromatic nitrogens is 2. The zero-order chi connectivity index (χ0) is 16.1. The van der Waals surface area contributed by atoms with Crippen molar-refractivity contribution in [2.24, 2.45) is 0 Å². The summed E-state index contributed by atoms with van der Waals surface area (Å²) in [5.41, 5.74) is 1.60. The molecule has 1 aromatic heterocycles. The minimum absolute atomic E-state index is 0.0111. The summed E-state index contributed by atoms with van der Waals surface area (Å²) in [6, 6.07) is 5.92. The topological polar surface area (TPSA) is 71.1 Å². The Bertz CT molecular complexity index is 704. The van der Waals surface area contributed by atoms with E-state index in [9.17, 15) is 4.39 Å². The van der Waals surface area contributed by atoms with Gasteiger partial charge in [0.05, 0.1) is 24.4 Å². The molecule has 5 nitrogen and oxygen atoms in total. The van der Waals surface area contributed by atoms with Crippen molar-refractivity contribution in [2.75, 3.05) is 6.61 Å². The lowest BCUT2D eigenvalue weighted by atomic mass is 10.2. The standard InChI is InChI=1S/C16H18FN3O2/c1-3-14-16(15(4-2)20(19-14)7-8-21)22-12-6-5-11(10-18)13(17)9-12/h5-6,9,21H,3-4,7-8H2,1-2H3. The van der Waals surface area contributed by atoms with Gasteiger partial charge in [0.15, 0.2) is 5.75 Å². The van der Waals surface area contributed by atoms with Gasteiger partial charge in [-0.25, -0.2) is 4.39 Å². The molecule has 22 heavy (non-hydrogen) atoms. The first-order valence-corrected chi connectivity index (χ1v) is 7.21. The Morgan fingerprint density at radius 3 is 2.68 bits per heavy atom. The minimum Gasteiger partial charge on any atom is -0.453 e. The first-order valence-electron chi connectivity index (χ1n) is 7.21. The number of halogens is 1. The fourth-order valence-corrected chi connectivity index (χ4v) is 2.27. The van der Waals surface area contributed by atoms with Crippen LogP contribution in [0.5, 0.6) is 11.5 Å². The molecule has 0 aliphatic carbocycles. The smallest absolute Gasteiger partial charge is 0.171 e. The average molecular weight is 303 g/mol. The summed E-state index contributed by atoms with van der Waals surface area (Å²) in [6.45, 7) is 4.30. The summed E-state index contributed by atoms with van der Waals surface area (Å²) < 4.78 is 21.2. The molecule has 0 amide bonds. The lowest BCUT2D eigenvalue weighted by Crippen LogP contribution is -2.08. The number of aryl methyl sites for hydroxylation is 1. The number of hydrogen-bond acceptors (Lipinski definition) is 4. The van der Waals surface area contributed by atoms with Crippen LogP contribution in [0.15, 0.2) is 18.2 Å². The molecule has 1 heterocycles. The molecule has 0 fully saturated rings. The lowest BCUT2D eigenvalue weighted by Gasteiger charge is -2.09. The van der Waals surface area contributed by atoms with Gasteiger partial charge in [0, 0.05) is 6.07 Å². The van der Waals surface area contributed by atoms with Gasteiger partial charge < -0.3 is 9.84 Å². The van der Waals surface area contributed by atoms with Gasteiger partial charge in [0.1, 0.15) is 23.3 Å². The number of aliphatic hydroxyl groups excluding tert-OH is 1. The fraction of sp³-hybridized carbons (Fsp3) is 0.375. The highest BCUT2D eigenvalue weighted by molar-refractivity contribution is 5.42. The van der Waals surface area contributed by atoms with Gasteiger partial charge in [-0.2, -0.15) is 10.4 Å². The predicted octanol–water partition coefficient (Wildman–Crippen LogP) is 2.80. The van der Waals surface area contributed by atoms with E-state index in [0.29, 0.717) is 30.9 Å². The first kappa shape index (κ1) is 16.0. The maximum Gasteiger partial charge on any atom is 0.171 e. The molecule has 0 spiro atoms. The van der Waals surface area contributed by atoms with E-state index in [0.717, 1.165) is 11.4 Å². The molecule has 6 heteroatoms. The Kier molecular flexibility index (Phi) is 5.12. The molecule has 0 aliphatic rings. The molecule has 116 valence electrons. The third-order valence-electron chi connectivity index (χ3n) is 3.34. The molecule has 0 atom stereocenters. The maximum absolute atomic E-state index is 13.7. The number of hydrogen-bond donors (Lipinski definition) is 1. The molecule has 0 bridgehead atoms. The second kappa shape index (κ2) is 7.05. The van der Waals surface area contributed by atoms with Crippen LogP contribution in [0.4, 0.5) is 4.39 Å². The van der Waals surface area contributed by atoms with E-state index in [1.165, 1.54) is 12.1 Å². The monoisotopic (exact) mass is 303 g/mol. The fourth-order valence-electron chi connectivity index (χ4n) is 2.27. The van der Waals surface area contributed by atoms with E-state index in [1.54, 1.807) is 16.8 Å². The van der Waals surface area contributed by atoms with Gasteiger partial charge in [-0.1, -0.05) is 13.8 Å². The van der Waals surface area contributed by atoms with Crippen molar-refractivity contribution in [3.8, 4) is 17.6 Å². The summed E-state index contributed by atoms with van der Waals surface area (Å²) in [7, 11) is 0. The molecule has 0 radical (unpaired) electrons. The summed E-state index contributed by atoms with van der Waals surface area (Å²) in [5.74, 6) is 0.311. The van der Waals surface area contributed by atoms with Crippen LogP contribution in [0.1, 0.15) is 30.8 Å². The van der Waals surface area contributed by atoms with E-state index in [1.807, 2.05) is 13.8 Å². The number of nitrogens with zero attached hydrogens (tertiary/aromatic N) is 3. The van der Waals surface area contributed by atoms with Crippen molar-refractivity contribution >= 4 is 0 Å². The van der Waals surface area contributed by atoms with Crippen molar-refractivity contribution in [2.45, 2.75) is 33.2 Å². The summed E-state index contributed by atoms with van der Waals surface area (Å²) >= 11 is 0. The highest BCUT2D eigenvalue weighted by Gasteiger charge is 2.18. The summed E-state index contributed by atoms with van der Waals surface area (Å²) in [5, 5.41) is 22.3. The normalized spacial score (nSPS) is 10.5. The van der Waals surface area contributed by atoms with Gasteiger partial charge in [0.25, 0.3) is 0 Å². The van der Waals surface area contributed by atoms with Gasteiger partial charge in [-0.3, -0.25) is 4.68 Å². The van der Waals surface area contributed by atoms with E-state index in [4.69, 9.17) is 15.1 Å². The second-order valence-electron chi connectivity index (χ2n) is 4.73. The number of benzene rings is 1. The Morgan fingerprint density at radius 1 is 1.36 bits per heavy atom. The molecule has 2 aromatic rings. The van der Waals surface area contributed by atoms with Crippen molar-refractivity contribution in [3.05, 3.63) is 41.0 Å². The minimum atomic E-state index is -0.612. The molecule has 1 N–H and O–H groups in total. The van der Waals surface area contributed by atoms with Crippen LogP contribution < -0.4 is 4.74 Å². The molecule has 1 aromatic carbocycles. The van der Waals surface area contributed by atoms with E-state index in [2.05, 4.69) is 5.10 Å². The Labute approximate surface area is 128 Å². The van der Waals surface area contributed by atoms with E-state index in [-0.39, 0.29) is 12.2 Å². The Balaban J connectivity index is 2.40. The van der Waals surface area contributed by atoms with Gasteiger partial charge >= 0.3 is 0 Å². The average Bonchev–Trinajstić information content (AvgIpc) is 2.84.